The molecule has 0 aromatic heterocycles. The van der Waals surface area contributed by atoms with Gasteiger partial charge in [0.05, 0.1) is 19.2 Å². The maximum absolute atomic E-state index is 12.8. The first-order chi connectivity index (χ1) is 11.5. The maximum atomic E-state index is 12.8. The van der Waals surface area contributed by atoms with E-state index in [0.29, 0.717) is 6.54 Å². The molecule has 2 bridgehead atoms. The quantitative estimate of drug-likeness (QED) is 0.754. The summed E-state index contributed by atoms with van der Waals surface area (Å²) in [7, 11) is 2.09. The molecule has 0 aliphatic carbocycles. The predicted octanol–water partition coefficient (Wildman–Crippen LogP) is 0.749. The summed E-state index contributed by atoms with van der Waals surface area (Å²) in [6.45, 7) is 8.23. The van der Waals surface area contributed by atoms with E-state index in [-0.39, 0.29) is 30.6 Å². The Morgan fingerprint density at radius 3 is 2.83 bits per heavy atom. The van der Waals surface area contributed by atoms with Crippen LogP contribution in [-0.4, -0.2) is 78.2 Å². The average Bonchev–Trinajstić information content (AvgIpc) is 2.79. The van der Waals surface area contributed by atoms with Gasteiger partial charge in [0.1, 0.15) is 6.04 Å². The highest BCUT2D eigenvalue weighted by atomic mass is 16.7. The second-order valence-corrected chi connectivity index (χ2v) is 6.81. The largest absolute Gasteiger partial charge is 0.351 e. The van der Waals surface area contributed by atoms with Gasteiger partial charge in [-0.2, -0.15) is 5.06 Å². The molecule has 7 heteroatoms. The lowest BCUT2D eigenvalue weighted by molar-refractivity contribution is -0.125. The molecule has 7 nitrogen and oxygen atoms in total. The number of piperidine rings is 1. The molecule has 3 rings (SSSR count). The van der Waals surface area contributed by atoms with Crippen molar-refractivity contribution < 1.29 is 14.4 Å². The molecular weight excluding hydrogens is 308 g/mol. The number of hydrogen-bond donors (Lipinski definition) is 1. The minimum atomic E-state index is -0.536. The van der Waals surface area contributed by atoms with Gasteiger partial charge in [-0.25, -0.2) is 4.79 Å². The third-order valence-electron chi connectivity index (χ3n) is 4.96. The number of fused-ring (bicyclic) bond motifs is 2. The van der Waals surface area contributed by atoms with Crippen molar-refractivity contribution >= 4 is 11.9 Å². The number of likely N-dealkylation sites (tertiary alicyclic amines) is 1. The summed E-state index contributed by atoms with van der Waals surface area (Å²) in [5.74, 6) is -0.0873. The number of amides is 3. The fraction of sp³-hybridized carbons (Fsp3) is 0.647. The van der Waals surface area contributed by atoms with Crippen LogP contribution in [0.15, 0.2) is 24.3 Å². The Hall–Kier alpha value is -1.86. The van der Waals surface area contributed by atoms with Gasteiger partial charge in [0, 0.05) is 6.04 Å². The van der Waals surface area contributed by atoms with Crippen molar-refractivity contribution in [3.05, 3.63) is 24.3 Å². The molecule has 0 aromatic rings. The van der Waals surface area contributed by atoms with Gasteiger partial charge in [-0.3, -0.25) is 9.63 Å². The van der Waals surface area contributed by atoms with Crippen LogP contribution in [0.5, 0.6) is 0 Å². The number of hydrogen-bond acceptors (Lipinski definition) is 4. The van der Waals surface area contributed by atoms with Gasteiger partial charge in [-0.05, 0) is 45.5 Å². The van der Waals surface area contributed by atoms with E-state index < -0.39 is 6.04 Å². The number of carbonyl (C=O) groups is 2. The third-order valence-corrected chi connectivity index (χ3v) is 4.96. The first kappa shape index (κ1) is 17.0. The van der Waals surface area contributed by atoms with Crippen LogP contribution in [-0.2, 0) is 9.63 Å². The van der Waals surface area contributed by atoms with Crippen molar-refractivity contribution in [3.8, 4) is 0 Å². The van der Waals surface area contributed by atoms with Crippen LogP contribution in [0.1, 0.15) is 19.8 Å². The first-order valence-electron chi connectivity index (χ1n) is 8.52. The summed E-state index contributed by atoms with van der Waals surface area (Å²) in [5.41, 5.74) is 0.898. The molecule has 132 valence electrons. The van der Waals surface area contributed by atoms with E-state index in [2.05, 4.69) is 23.8 Å². The predicted molar refractivity (Wildman–Crippen MR) is 90.1 cm³/mol. The monoisotopic (exact) mass is 334 g/mol. The van der Waals surface area contributed by atoms with E-state index >= 15 is 0 Å². The van der Waals surface area contributed by atoms with E-state index in [1.165, 1.54) is 5.06 Å². The summed E-state index contributed by atoms with van der Waals surface area (Å²) < 4.78 is 0. The highest BCUT2D eigenvalue weighted by molar-refractivity contribution is 5.91. The minimum absolute atomic E-state index is 0.0873. The molecule has 0 spiro atoms. The third kappa shape index (κ3) is 3.18. The fourth-order valence-corrected chi connectivity index (χ4v) is 3.66. The molecule has 2 saturated heterocycles. The van der Waals surface area contributed by atoms with Crippen molar-refractivity contribution in [2.45, 2.75) is 37.9 Å². The van der Waals surface area contributed by atoms with Crippen LogP contribution >= 0.6 is 0 Å². The average molecular weight is 334 g/mol. The number of carbonyl (C=O) groups excluding carboxylic acids is 2. The Labute approximate surface area is 142 Å². The maximum Gasteiger partial charge on any atom is 0.345 e. The molecule has 2 fully saturated rings. The minimum Gasteiger partial charge on any atom is -0.351 e. The molecule has 3 aliphatic heterocycles. The van der Waals surface area contributed by atoms with E-state index in [0.717, 1.165) is 31.5 Å². The standard InChI is InChI=1S/C17H26N4O3/c1-4-9-24-21-14-10-12(2)15(20(11-14)17(21)23)16(22)18-13-5-7-19(3)8-6-13/h4,10,13-15H,1,5-9,11H2,2-3H3,(H,18,22)/t14-,15+/m1/s1. The van der Waals surface area contributed by atoms with Crippen molar-refractivity contribution in [3.63, 3.8) is 0 Å². The number of hydroxylamine groups is 2. The van der Waals surface area contributed by atoms with Gasteiger partial charge < -0.3 is 15.1 Å². The van der Waals surface area contributed by atoms with Crippen LogP contribution in [0.25, 0.3) is 0 Å². The lowest BCUT2D eigenvalue weighted by Gasteiger charge is -2.33. The Morgan fingerprint density at radius 2 is 2.17 bits per heavy atom. The highest BCUT2D eigenvalue weighted by Gasteiger charge is 2.47. The van der Waals surface area contributed by atoms with Gasteiger partial charge in [-0.1, -0.05) is 12.2 Å². The summed E-state index contributed by atoms with van der Waals surface area (Å²) in [6, 6.07) is -0.737. The Morgan fingerprint density at radius 1 is 1.46 bits per heavy atom. The van der Waals surface area contributed by atoms with Crippen LogP contribution < -0.4 is 5.32 Å². The number of nitrogens with zero attached hydrogens (tertiary/aromatic N) is 3. The Kier molecular flexibility index (Phi) is 4.91. The molecule has 0 radical (unpaired) electrons. The van der Waals surface area contributed by atoms with Gasteiger partial charge >= 0.3 is 6.03 Å². The van der Waals surface area contributed by atoms with Gasteiger partial charge in [-0.15, -0.1) is 6.58 Å². The van der Waals surface area contributed by atoms with Crippen LogP contribution in [0.4, 0.5) is 4.79 Å². The first-order valence-corrected chi connectivity index (χ1v) is 8.52. The second-order valence-electron chi connectivity index (χ2n) is 6.81. The summed E-state index contributed by atoms with van der Waals surface area (Å²) in [5, 5.41) is 4.48. The van der Waals surface area contributed by atoms with Crippen molar-refractivity contribution in [2.75, 3.05) is 33.3 Å². The summed E-state index contributed by atoms with van der Waals surface area (Å²) >= 11 is 0. The molecule has 2 atom stereocenters. The van der Waals surface area contributed by atoms with Gasteiger partial charge in [0.15, 0.2) is 0 Å². The molecule has 0 saturated carbocycles. The Balaban J connectivity index is 1.67. The normalized spacial score (nSPS) is 28.1. The molecule has 24 heavy (non-hydrogen) atoms. The molecule has 0 unspecified atom stereocenters. The van der Waals surface area contributed by atoms with E-state index in [4.69, 9.17) is 4.84 Å². The molecule has 3 amide bonds. The van der Waals surface area contributed by atoms with E-state index in [1.807, 2.05) is 13.0 Å². The van der Waals surface area contributed by atoms with E-state index in [1.54, 1.807) is 11.0 Å². The molecule has 0 aromatic carbocycles. The highest BCUT2D eigenvalue weighted by Crippen LogP contribution is 2.29. The van der Waals surface area contributed by atoms with Crippen molar-refractivity contribution in [1.29, 1.82) is 0 Å². The van der Waals surface area contributed by atoms with Gasteiger partial charge in [0.2, 0.25) is 5.91 Å². The second kappa shape index (κ2) is 6.94. The smallest absolute Gasteiger partial charge is 0.345 e. The fourth-order valence-electron chi connectivity index (χ4n) is 3.66. The summed E-state index contributed by atoms with van der Waals surface area (Å²) in [4.78, 5) is 34.7. The van der Waals surface area contributed by atoms with Crippen LogP contribution in [0.3, 0.4) is 0 Å². The number of rotatable bonds is 5. The van der Waals surface area contributed by atoms with E-state index in [9.17, 15) is 9.59 Å². The number of nitrogens with one attached hydrogen (secondary N) is 1. The van der Waals surface area contributed by atoms with Crippen molar-refractivity contribution in [1.82, 2.24) is 20.2 Å². The molecular formula is C17H26N4O3. The van der Waals surface area contributed by atoms with Crippen LogP contribution in [0, 0.1) is 0 Å². The van der Waals surface area contributed by atoms with Crippen molar-refractivity contribution in [2.24, 2.45) is 0 Å². The summed E-state index contributed by atoms with van der Waals surface area (Å²) in [6.07, 6.45) is 5.46. The van der Waals surface area contributed by atoms with Crippen LogP contribution in [0.2, 0.25) is 0 Å². The zero-order chi connectivity index (χ0) is 17.3. The topological polar surface area (TPSA) is 65.1 Å². The zero-order valence-electron chi connectivity index (χ0n) is 14.4. The molecule has 1 N–H and O–H groups in total. The molecule has 3 aliphatic rings. The SMILES string of the molecule is C=CCON1C(=O)N2C[C@H]1C=C(C)[C@H]2C(=O)NC1CCN(C)CC1. The number of urea groups is 1. The molecule has 3 heterocycles. The lowest BCUT2D eigenvalue weighted by Crippen LogP contribution is -2.53. The van der Waals surface area contributed by atoms with Gasteiger partial charge in [0.25, 0.3) is 0 Å². The zero-order valence-corrected chi connectivity index (χ0v) is 14.4. The lowest BCUT2D eigenvalue weighted by atomic mass is 9.98. The Bertz CT molecular complexity index is 554.